The summed E-state index contributed by atoms with van der Waals surface area (Å²) in [5.41, 5.74) is 0.561. The predicted molar refractivity (Wildman–Crippen MR) is 66.7 cm³/mol. The molecular weight excluding hydrogens is 248 g/mol. The summed E-state index contributed by atoms with van der Waals surface area (Å²) in [5, 5.41) is 8.81. The Balaban J connectivity index is 2.14. The van der Waals surface area contributed by atoms with Crippen molar-refractivity contribution in [2.45, 2.75) is 6.92 Å². The molecule has 0 atom stereocenters. The summed E-state index contributed by atoms with van der Waals surface area (Å²) in [5.74, 6) is -0.729. The van der Waals surface area contributed by atoms with Gasteiger partial charge in [0.25, 0.3) is 5.91 Å². The van der Waals surface area contributed by atoms with E-state index in [2.05, 4.69) is 20.5 Å². The van der Waals surface area contributed by atoms with Crippen LogP contribution in [0.2, 0.25) is 0 Å². The highest BCUT2D eigenvalue weighted by Gasteiger charge is 2.17. The first-order valence-electron chi connectivity index (χ1n) is 5.64. The Morgan fingerprint density at radius 1 is 1.42 bits per heavy atom. The van der Waals surface area contributed by atoms with Crippen LogP contribution in [0.5, 0.6) is 0 Å². The lowest BCUT2D eigenvalue weighted by Crippen LogP contribution is -2.15. The lowest BCUT2D eigenvalue weighted by atomic mass is 10.2. The van der Waals surface area contributed by atoms with Crippen LogP contribution in [0.15, 0.2) is 30.7 Å². The molecule has 2 N–H and O–H groups in total. The fourth-order valence-electron chi connectivity index (χ4n) is 1.43. The van der Waals surface area contributed by atoms with Crippen LogP contribution in [0.3, 0.4) is 0 Å². The number of hydrogen-bond acceptors (Lipinski definition) is 5. The number of H-pyrrole nitrogens is 1. The summed E-state index contributed by atoms with van der Waals surface area (Å²) in [6, 6.07) is 3.26. The summed E-state index contributed by atoms with van der Waals surface area (Å²) in [4.78, 5) is 27.3. The van der Waals surface area contributed by atoms with E-state index in [1.807, 2.05) is 0 Å². The number of pyridine rings is 1. The second kappa shape index (κ2) is 5.76. The zero-order chi connectivity index (χ0) is 13.7. The third-order valence-electron chi connectivity index (χ3n) is 2.30. The van der Waals surface area contributed by atoms with E-state index < -0.39 is 5.97 Å². The third kappa shape index (κ3) is 2.95. The van der Waals surface area contributed by atoms with Gasteiger partial charge >= 0.3 is 5.97 Å². The van der Waals surface area contributed by atoms with Crippen LogP contribution in [-0.2, 0) is 4.74 Å². The Labute approximate surface area is 109 Å². The van der Waals surface area contributed by atoms with Crippen LogP contribution in [0, 0.1) is 0 Å². The maximum Gasteiger partial charge on any atom is 0.343 e. The van der Waals surface area contributed by atoms with Crippen molar-refractivity contribution in [2.75, 3.05) is 11.9 Å². The van der Waals surface area contributed by atoms with Crippen molar-refractivity contribution in [2.24, 2.45) is 0 Å². The molecule has 0 radical (unpaired) electrons. The van der Waals surface area contributed by atoms with E-state index in [0.29, 0.717) is 5.56 Å². The number of hydrogen-bond donors (Lipinski definition) is 2. The molecule has 0 bridgehead atoms. The molecule has 7 nitrogen and oxygen atoms in total. The Bertz CT molecular complexity index is 580. The molecule has 0 aromatic carbocycles. The Morgan fingerprint density at radius 2 is 2.26 bits per heavy atom. The van der Waals surface area contributed by atoms with Gasteiger partial charge in [-0.1, -0.05) is 0 Å². The van der Waals surface area contributed by atoms with Gasteiger partial charge in [-0.05, 0) is 19.1 Å². The van der Waals surface area contributed by atoms with Crippen molar-refractivity contribution < 1.29 is 14.3 Å². The van der Waals surface area contributed by atoms with Crippen LogP contribution >= 0.6 is 0 Å². The van der Waals surface area contributed by atoms with E-state index in [-0.39, 0.29) is 23.9 Å². The number of amides is 1. The molecule has 2 rings (SSSR count). The first kappa shape index (κ1) is 12.7. The second-order valence-electron chi connectivity index (χ2n) is 3.57. The van der Waals surface area contributed by atoms with Gasteiger partial charge in [-0.25, -0.2) is 4.79 Å². The van der Waals surface area contributed by atoms with Crippen molar-refractivity contribution in [1.82, 2.24) is 15.2 Å². The average Bonchev–Trinajstić information content (AvgIpc) is 2.88. The minimum Gasteiger partial charge on any atom is -0.462 e. The molecule has 0 fully saturated rings. The van der Waals surface area contributed by atoms with Crippen LogP contribution < -0.4 is 5.32 Å². The van der Waals surface area contributed by atoms with Gasteiger partial charge in [0.2, 0.25) is 0 Å². The number of ether oxygens (including phenoxy) is 1. The smallest absolute Gasteiger partial charge is 0.343 e. The first-order valence-corrected chi connectivity index (χ1v) is 5.64. The maximum absolute atomic E-state index is 11.9. The standard InChI is InChI=1S/C12H12N4O3/c1-2-19-12(18)9-7-14-16-10(9)15-11(17)8-4-3-5-13-6-8/h3-7H,2H2,1H3,(H2,14,15,16,17). The van der Waals surface area contributed by atoms with Gasteiger partial charge < -0.3 is 10.1 Å². The highest BCUT2D eigenvalue weighted by Crippen LogP contribution is 2.13. The number of nitrogens with zero attached hydrogens (tertiary/aromatic N) is 2. The molecule has 0 aliphatic heterocycles. The molecule has 0 unspecified atom stereocenters. The molecule has 7 heteroatoms. The number of carbonyl (C=O) groups excluding carboxylic acids is 2. The lowest BCUT2D eigenvalue weighted by molar-refractivity contribution is 0.0527. The third-order valence-corrected chi connectivity index (χ3v) is 2.30. The summed E-state index contributed by atoms with van der Waals surface area (Å²) in [6.07, 6.45) is 4.30. The van der Waals surface area contributed by atoms with Crippen molar-refractivity contribution in [3.8, 4) is 0 Å². The van der Waals surface area contributed by atoms with E-state index in [4.69, 9.17) is 4.74 Å². The van der Waals surface area contributed by atoms with E-state index in [1.54, 1.807) is 25.3 Å². The van der Waals surface area contributed by atoms with Crippen molar-refractivity contribution in [3.05, 3.63) is 41.9 Å². The van der Waals surface area contributed by atoms with Crippen LogP contribution in [0.1, 0.15) is 27.6 Å². The van der Waals surface area contributed by atoms with Gasteiger partial charge in [0.05, 0.1) is 18.4 Å². The molecule has 0 aliphatic rings. The molecular formula is C12H12N4O3. The highest BCUT2D eigenvalue weighted by atomic mass is 16.5. The zero-order valence-electron chi connectivity index (χ0n) is 10.2. The number of carbonyl (C=O) groups is 2. The van der Waals surface area contributed by atoms with Crippen molar-refractivity contribution in [3.63, 3.8) is 0 Å². The Kier molecular flexibility index (Phi) is 3.87. The number of anilines is 1. The van der Waals surface area contributed by atoms with Gasteiger partial charge in [-0.15, -0.1) is 0 Å². The van der Waals surface area contributed by atoms with Crippen LogP contribution in [-0.4, -0.2) is 33.7 Å². The summed E-state index contributed by atoms with van der Waals surface area (Å²) >= 11 is 0. The van der Waals surface area contributed by atoms with Gasteiger partial charge in [0.1, 0.15) is 11.4 Å². The normalized spacial score (nSPS) is 9.95. The van der Waals surface area contributed by atoms with Gasteiger partial charge in [-0.2, -0.15) is 5.10 Å². The SMILES string of the molecule is CCOC(=O)c1cn[nH]c1NC(=O)c1cccnc1. The summed E-state index contributed by atoms with van der Waals surface area (Å²) in [7, 11) is 0. The Hall–Kier alpha value is -2.70. The van der Waals surface area contributed by atoms with E-state index in [9.17, 15) is 9.59 Å². The van der Waals surface area contributed by atoms with Crippen molar-refractivity contribution >= 4 is 17.7 Å². The molecule has 2 aromatic heterocycles. The molecule has 1 amide bonds. The molecule has 98 valence electrons. The average molecular weight is 260 g/mol. The van der Waals surface area contributed by atoms with E-state index in [0.717, 1.165) is 0 Å². The summed E-state index contributed by atoms with van der Waals surface area (Å²) < 4.78 is 4.85. The van der Waals surface area contributed by atoms with E-state index in [1.165, 1.54) is 12.4 Å². The molecule has 2 aromatic rings. The zero-order valence-corrected chi connectivity index (χ0v) is 10.2. The van der Waals surface area contributed by atoms with Crippen LogP contribution in [0.25, 0.3) is 0 Å². The predicted octanol–water partition coefficient (Wildman–Crippen LogP) is 1.23. The highest BCUT2D eigenvalue weighted by molar-refractivity contribution is 6.06. The topological polar surface area (TPSA) is 97.0 Å². The van der Waals surface area contributed by atoms with Gasteiger partial charge in [0, 0.05) is 12.4 Å². The molecule has 0 saturated heterocycles. The summed E-state index contributed by atoms with van der Waals surface area (Å²) in [6.45, 7) is 1.95. The number of aromatic amines is 1. The largest absolute Gasteiger partial charge is 0.462 e. The number of rotatable bonds is 4. The minimum absolute atomic E-state index is 0.180. The molecule has 0 spiro atoms. The molecule has 19 heavy (non-hydrogen) atoms. The minimum atomic E-state index is -0.544. The monoisotopic (exact) mass is 260 g/mol. The van der Waals surface area contributed by atoms with Crippen molar-refractivity contribution in [1.29, 1.82) is 0 Å². The molecule has 2 heterocycles. The van der Waals surface area contributed by atoms with Crippen LogP contribution in [0.4, 0.5) is 5.82 Å². The lowest BCUT2D eigenvalue weighted by Gasteiger charge is -2.05. The Morgan fingerprint density at radius 3 is 2.95 bits per heavy atom. The number of aromatic nitrogens is 3. The molecule has 0 aliphatic carbocycles. The van der Waals surface area contributed by atoms with E-state index >= 15 is 0 Å². The molecule has 0 saturated carbocycles. The fourth-order valence-corrected chi connectivity index (χ4v) is 1.43. The maximum atomic E-state index is 11.9. The number of esters is 1. The van der Waals surface area contributed by atoms with Gasteiger partial charge in [0.15, 0.2) is 0 Å². The van der Waals surface area contributed by atoms with Gasteiger partial charge in [-0.3, -0.25) is 14.9 Å². The fraction of sp³-hybridized carbons (Fsp3) is 0.167. The quantitative estimate of drug-likeness (QED) is 0.806. The number of nitrogens with one attached hydrogen (secondary N) is 2. The second-order valence-corrected chi connectivity index (χ2v) is 3.57. The first-order chi connectivity index (χ1) is 9.22.